The van der Waals surface area contributed by atoms with Crippen LogP contribution in [0.5, 0.6) is 11.6 Å². The van der Waals surface area contributed by atoms with Crippen LogP contribution in [0.25, 0.3) is 10.6 Å². The van der Waals surface area contributed by atoms with Crippen LogP contribution in [-0.4, -0.2) is 102 Å². The lowest BCUT2D eigenvalue weighted by molar-refractivity contribution is -0.118. The Bertz CT molecular complexity index is 2250. The number of thiazole rings is 1. The summed E-state index contributed by atoms with van der Waals surface area (Å²) in [5, 5.41) is 2.85. The Morgan fingerprint density at radius 3 is 2.46 bits per heavy atom. The van der Waals surface area contributed by atoms with Crippen molar-refractivity contribution < 1.29 is 32.2 Å². The summed E-state index contributed by atoms with van der Waals surface area (Å²) < 4.78 is 45.6. The molecular weight excluding hydrogens is 769 g/mol. The van der Waals surface area contributed by atoms with E-state index in [0.717, 1.165) is 11.1 Å². The minimum atomic E-state index is -3.71. The van der Waals surface area contributed by atoms with Crippen molar-refractivity contribution in [3.05, 3.63) is 108 Å². The van der Waals surface area contributed by atoms with Gasteiger partial charge >= 0.3 is 6.09 Å². The number of sulfonamides is 1. The third-order valence-electron chi connectivity index (χ3n) is 9.63. The molecule has 0 spiro atoms. The van der Waals surface area contributed by atoms with Crippen molar-refractivity contribution >= 4 is 44.2 Å². The number of anilines is 2. The first kappa shape index (κ1) is 39.6. The standard InChI is InChI=1S/C40H44N8O7S2/c1-3-54-37-24-41-22-35(44-37)36-23-43-39(56-36)45-38(49)33(26-46-17-19-47(20-18-46)40(50)55-27-29-7-5-4-6-8-29)34-21-30(15-16-42-34)48(57(51,52)32-13-14-32)25-28-9-11-31(53-2)12-10-28/h4-12,15-16,21-24,32-33H,3,13-14,17-20,25-27H2,1-2H3,(H,43,45,49). The SMILES string of the molecule is CCOc1cncc(-c2cnc(NC(=O)C(CN3CCN(C(=O)OCc4ccccc4)CC3)c3cc(N(Cc4ccc(OC)cc4)S(=O)(=O)C4CC4)ccn3)s2)n1. The maximum atomic E-state index is 14.3. The summed E-state index contributed by atoms with van der Waals surface area (Å²) in [6.45, 7) is 4.62. The Morgan fingerprint density at radius 1 is 0.965 bits per heavy atom. The van der Waals surface area contributed by atoms with E-state index >= 15 is 0 Å². The number of carbonyl (C=O) groups excluding carboxylic acids is 2. The summed E-state index contributed by atoms with van der Waals surface area (Å²) in [5.41, 5.74) is 3.05. The second-order valence-electron chi connectivity index (χ2n) is 13.6. The highest BCUT2D eigenvalue weighted by molar-refractivity contribution is 7.93. The molecule has 57 heavy (non-hydrogen) atoms. The molecule has 1 unspecified atom stereocenters. The van der Waals surface area contributed by atoms with Gasteiger partial charge in [0.25, 0.3) is 0 Å². The van der Waals surface area contributed by atoms with Crippen LogP contribution in [-0.2, 0) is 32.7 Å². The van der Waals surface area contributed by atoms with Gasteiger partial charge < -0.3 is 24.4 Å². The van der Waals surface area contributed by atoms with Crippen molar-refractivity contribution in [3.63, 3.8) is 0 Å². The van der Waals surface area contributed by atoms with Gasteiger partial charge in [0.2, 0.25) is 21.8 Å². The number of aromatic nitrogens is 4. The summed E-state index contributed by atoms with van der Waals surface area (Å²) in [5.74, 6) is -0.151. The number of methoxy groups -OCH3 is 1. The quantitative estimate of drug-likeness (QED) is 0.132. The van der Waals surface area contributed by atoms with E-state index in [1.807, 2.05) is 49.4 Å². The number of nitrogens with one attached hydrogen (secondary N) is 1. The van der Waals surface area contributed by atoms with E-state index in [1.165, 1.54) is 21.8 Å². The molecule has 0 bridgehead atoms. The zero-order valence-corrected chi connectivity index (χ0v) is 33.3. The van der Waals surface area contributed by atoms with Crippen molar-refractivity contribution in [1.82, 2.24) is 29.7 Å². The van der Waals surface area contributed by atoms with Gasteiger partial charge in [0.05, 0.1) is 60.1 Å². The first-order valence-corrected chi connectivity index (χ1v) is 21.0. The van der Waals surface area contributed by atoms with Crippen molar-refractivity contribution in [1.29, 1.82) is 0 Å². The highest BCUT2D eigenvalue weighted by Crippen LogP contribution is 2.36. The van der Waals surface area contributed by atoms with E-state index in [4.69, 9.17) is 14.2 Å². The topological polar surface area (TPSA) is 169 Å². The molecule has 1 saturated heterocycles. The van der Waals surface area contributed by atoms with Crippen molar-refractivity contribution in [3.8, 4) is 22.2 Å². The maximum Gasteiger partial charge on any atom is 0.410 e. The Hall–Kier alpha value is -5.65. The van der Waals surface area contributed by atoms with Gasteiger partial charge in [-0.2, -0.15) is 0 Å². The van der Waals surface area contributed by atoms with E-state index in [9.17, 15) is 18.0 Å². The third kappa shape index (κ3) is 10.0. The van der Waals surface area contributed by atoms with Gasteiger partial charge in [0.1, 0.15) is 18.1 Å². The molecule has 2 aliphatic rings. The van der Waals surface area contributed by atoms with Crippen molar-refractivity contribution in [2.75, 3.05) is 56.1 Å². The summed E-state index contributed by atoms with van der Waals surface area (Å²) in [4.78, 5) is 49.5. The van der Waals surface area contributed by atoms with E-state index in [-0.39, 0.29) is 25.6 Å². The number of benzene rings is 2. The molecule has 1 aliphatic heterocycles. The number of piperazine rings is 1. The summed E-state index contributed by atoms with van der Waals surface area (Å²) in [6, 6.07) is 20.1. The van der Waals surface area contributed by atoms with Gasteiger partial charge in [-0.25, -0.2) is 23.2 Å². The second kappa shape index (κ2) is 18.1. The highest BCUT2D eigenvalue weighted by Gasteiger charge is 2.41. The van der Waals surface area contributed by atoms with E-state index in [2.05, 4.69) is 30.2 Å². The largest absolute Gasteiger partial charge is 0.497 e. The predicted molar refractivity (Wildman–Crippen MR) is 216 cm³/mol. The molecule has 298 valence electrons. The normalized spacial score (nSPS) is 15.1. The first-order valence-electron chi connectivity index (χ1n) is 18.7. The molecule has 2 aromatic carbocycles. The van der Waals surface area contributed by atoms with Gasteiger partial charge in [0.15, 0.2) is 5.13 Å². The van der Waals surface area contributed by atoms with E-state index in [1.54, 1.807) is 54.9 Å². The number of amides is 2. The number of rotatable bonds is 16. The molecule has 4 heterocycles. The smallest absolute Gasteiger partial charge is 0.410 e. The van der Waals surface area contributed by atoms with Crippen molar-refractivity contribution in [2.24, 2.45) is 0 Å². The lowest BCUT2D eigenvalue weighted by Crippen LogP contribution is -2.50. The van der Waals surface area contributed by atoms with Crippen LogP contribution in [0.1, 0.15) is 42.5 Å². The maximum absolute atomic E-state index is 14.3. The second-order valence-corrected chi connectivity index (χ2v) is 16.8. The molecule has 3 aromatic heterocycles. The van der Waals surface area contributed by atoms with Crippen LogP contribution >= 0.6 is 11.3 Å². The van der Waals surface area contributed by atoms with Gasteiger partial charge in [-0.05, 0) is 55.2 Å². The zero-order valence-electron chi connectivity index (χ0n) is 31.7. The minimum Gasteiger partial charge on any atom is -0.497 e. The average Bonchev–Trinajstić information content (AvgIpc) is 4.01. The van der Waals surface area contributed by atoms with Crippen molar-refractivity contribution in [2.45, 2.75) is 44.1 Å². The van der Waals surface area contributed by atoms with Crippen LogP contribution in [0.3, 0.4) is 0 Å². The van der Waals surface area contributed by atoms with Gasteiger partial charge in [-0.1, -0.05) is 53.8 Å². The predicted octanol–water partition coefficient (Wildman–Crippen LogP) is 5.58. The molecule has 15 nitrogen and oxygen atoms in total. The average molecular weight is 813 g/mol. The van der Waals surface area contributed by atoms with Crippen LogP contribution in [0.15, 0.2) is 91.5 Å². The monoisotopic (exact) mass is 812 g/mol. The van der Waals surface area contributed by atoms with Crippen LogP contribution in [0.4, 0.5) is 15.6 Å². The lowest BCUT2D eigenvalue weighted by atomic mass is 10.0. The highest BCUT2D eigenvalue weighted by atomic mass is 32.2. The summed E-state index contributed by atoms with van der Waals surface area (Å²) in [6.07, 6.45) is 7.08. The summed E-state index contributed by atoms with van der Waals surface area (Å²) >= 11 is 1.24. The number of hydrogen-bond donors (Lipinski definition) is 1. The molecular formula is C40H44N8O7S2. The molecule has 1 aliphatic carbocycles. The Morgan fingerprint density at radius 2 is 1.74 bits per heavy atom. The van der Waals surface area contributed by atoms with Crippen LogP contribution in [0.2, 0.25) is 0 Å². The van der Waals surface area contributed by atoms with Crippen LogP contribution in [0, 0.1) is 0 Å². The fourth-order valence-electron chi connectivity index (χ4n) is 6.37. The Kier molecular flexibility index (Phi) is 12.6. The molecule has 7 rings (SSSR count). The van der Waals surface area contributed by atoms with E-state index in [0.29, 0.717) is 84.3 Å². The Labute approximate surface area is 335 Å². The molecule has 2 fully saturated rings. The fourth-order valence-corrected chi connectivity index (χ4v) is 8.97. The number of carbonyl (C=O) groups is 2. The molecule has 1 saturated carbocycles. The molecule has 17 heteroatoms. The van der Waals surface area contributed by atoms with E-state index < -0.39 is 27.3 Å². The molecule has 1 N–H and O–H groups in total. The zero-order chi connectivity index (χ0) is 39.8. The molecule has 2 amide bonds. The molecule has 5 aromatic rings. The molecule has 0 radical (unpaired) electrons. The minimum absolute atomic E-state index is 0.0980. The number of hydrogen-bond acceptors (Lipinski definition) is 13. The first-order chi connectivity index (χ1) is 27.7. The molecule has 1 atom stereocenters. The number of nitrogens with zero attached hydrogens (tertiary/aromatic N) is 7. The van der Waals surface area contributed by atoms with Gasteiger partial charge in [-0.15, -0.1) is 0 Å². The number of pyridine rings is 1. The Balaban J connectivity index is 1.12. The fraction of sp³-hybridized carbons (Fsp3) is 0.350. The van der Waals surface area contributed by atoms with Gasteiger partial charge in [-0.3, -0.25) is 24.0 Å². The number of ether oxygens (including phenoxy) is 3. The van der Waals surface area contributed by atoms with Crippen LogP contribution < -0.4 is 19.1 Å². The lowest BCUT2D eigenvalue weighted by Gasteiger charge is -2.35. The van der Waals surface area contributed by atoms with Gasteiger partial charge in [0, 0.05) is 45.1 Å². The third-order valence-corrected chi connectivity index (χ3v) is 12.8. The summed E-state index contributed by atoms with van der Waals surface area (Å²) in [7, 11) is -2.14.